The average molecular weight is 96.9 g/mol. The van der Waals surface area contributed by atoms with Crippen molar-refractivity contribution in [3.05, 3.63) is 0 Å². The van der Waals surface area contributed by atoms with Gasteiger partial charge in [0, 0.05) is 13.0 Å². The second-order valence-corrected chi connectivity index (χ2v) is 1.92. The van der Waals surface area contributed by atoms with Crippen LogP contribution in [0.1, 0.15) is 12.8 Å². The van der Waals surface area contributed by atoms with Gasteiger partial charge >= 0.3 is 0 Å². The lowest BCUT2D eigenvalue weighted by Gasteiger charge is -2.03. The molecule has 2 nitrogen and oxygen atoms in total. The molecule has 7 heavy (non-hydrogen) atoms. The van der Waals surface area contributed by atoms with Crippen LogP contribution in [0.15, 0.2) is 0 Å². The van der Waals surface area contributed by atoms with E-state index in [1.54, 1.807) is 4.81 Å². The molecular formula is C4H8BNO. The molecule has 38 valence electrons. The van der Waals surface area contributed by atoms with Gasteiger partial charge in [0.1, 0.15) is 0 Å². The van der Waals surface area contributed by atoms with E-state index < -0.39 is 0 Å². The van der Waals surface area contributed by atoms with E-state index in [0.29, 0.717) is 5.91 Å². The summed E-state index contributed by atoms with van der Waals surface area (Å²) in [5.41, 5.74) is 0. The van der Waals surface area contributed by atoms with Crippen LogP contribution in [-0.4, -0.2) is 25.2 Å². The van der Waals surface area contributed by atoms with E-state index in [1.807, 2.05) is 7.98 Å². The zero-order chi connectivity index (χ0) is 5.28. The molecular weight excluding hydrogens is 88.9 g/mol. The number of hydrogen-bond donors (Lipinski definition) is 0. The minimum atomic E-state index is 0.292. The lowest BCUT2D eigenvalue weighted by atomic mass is 10.3. The zero-order valence-corrected chi connectivity index (χ0v) is 4.48. The maximum atomic E-state index is 10.5. The van der Waals surface area contributed by atoms with Gasteiger partial charge in [0.25, 0.3) is 0 Å². The van der Waals surface area contributed by atoms with Crippen molar-refractivity contribution < 1.29 is 4.79 Å². The van der Waals surface area contributed by atoms with E-state index in [2.05, 4.69) is 0 Å². The summed E-state index contributed by atoms with van der Waals surface area (Å²) in [5.74, 6) is 0.292. The highest BCUT2D eigenvalue weighted by Crippen LogP contribution is 2.04. The number of carbonyl (C=O) groups is 1. The maximum absolute atomic E-state index is 10.5. The summed E-state index contributed by atoms with van der Waals surface area (Å²) >= 11 is 0. The summed E-state index contributed by atoms with van der Waals surface area (Å²) in [6.45, 7) is 0.957. The fraction of sp³-hybridized carbons (Fsp3) is 0.750. The Morgan fingerprint density at radius 2 is 2.43 bits per heavy atom. The molecule has 0 atom stereocenters. The van der Waals surface area contributed by atoms with E-state index >= 15 is 0 Å². The highest BCUT2D eigenvalue weighted by atomic mass is 16.2. The number of amides is 1. The van der Waals surface area contributed by atoms with Gasteiger partial charge in [0.05, 0.1) is 0 Å². The third-order valence-corrected chi connectivity index (χ3v) is 1.31. The van der Waals surface area contributed by atoms with Crippen molar-refractivity contribution in [2.45, 2.75) is 12.8 Å². The van der Waals surface area contributed by atoms with Crippen LogP contribution in [0.5, 0.6) is 0 Å². The Kier molecular flexibility index (Phi) is 1.05. The van der Waals surface area contributed by atoms with Gasteiger partial charge in [0.15, 0.2) is 0 Å². The number of carbonyl (C=O) groups excluding carboxylic acids is 1. The molecule has 0 unspecified atom stereocenters. The molecule has 0 spiro atoms. The molecule has 1 aliphatic heterocycles. The molecule has 1 aliphatic rings. The van der Waals surface area contributed by atoms with Crippen LogP contribution in [0.25, 0.3) is 0 Å². The number of nitrogens with zero attached hydrogens (tertiary/aromatic N) is 1. The zero-order valence-electron chi connectivity index (χ0n) is 4.48. The third-order valence-electron chi connectivity index (χ3n) is 1.31. The normalized spacial score (nSPS) is 21.1. The smallest absolute Gasteiger partial charge is 0.221 e. The molecule has 0 aromatic rings. The summed E-state index contributed by atoms with van der Waals surface area (Å²) < 4.78 is 0. The molecule has 1 fully saturated rings. The Balaban J connectivity index is 2.48. The fourth-order valence-electron chi connectivity index (χ4n) is 0.783. The predicted molar refractivity (Wildman–Crippen MR) is 29.5 cm³/mol. The van der Waals surface area contributed by atoms with Crippen molar-refractivity contribution in [1.29, 1.82) is 0 Å². The molecule has 0 N–H and O–H groups in total. The monoisotopic (exact) mass is 97.1 g/mol. The van der Waals surface area contributed by atoms with Gasteiger partial charge < -0.3 is 4.81 Å². The lowest BCUT2D eigenvalue weighted by Crippen LogP contribution is -2.19. The fourth-order valence-corrected chi connectivity index (χ4v) is 0.783. The van der Waals surface area contributed by atoms with E-state index in [1.165, 1.54) is 0 Å². The molecule has 1 rings (SSSR count). The maximum Gasteiger partial charge on any atom is 0.221 e. The standard InChI is InChI=1S/C4H8BNO/c5-6-3-1-2-4(6)7/h1-3,5H2. The lowest BCUT2D eigenvalue weighted by molar-refractivity contribution is -0.123. The second kappa shape index (κ2) is 1.56. The van der Waals surface area contributed by atoms with Gasteiger partial charge in [-0.05, 0) is 6.42 Å². The molecule has 0 saturated carbocycles. The van der Waals surface area contributed by atoms with Crippen molar-refractivity contribution in [3.63, 3.8) is 0 Å². The van der Waals surface area contributed by atoms with Crippen LogP contribution in [0.4, 0.5) is 0 Å². The molecule has 1 heterocycles. The minimum Gasteiger partial charge on any atom is -0.394 e. The first kappa shape index (κ1) is 4.69. The van der Waals surface area contributed by atoms with E-state index in [9.17, 15) is 4.79 Å². The largest absolute Gasteiger partial charge is 0.394 e. The molecule has 1 saturated heterocycles. The summed E-state index contributed by atoms with van der Waals surface area (Å²) in [6.07, 6.45) is 1.81. The first-order valence-electron chi connectivity index (χ1n) is 2.54. The molecule has 0 aliphatic carbocycles. The van der Waals surface area contributed by atoms with Crippen LogP contribution in [0, 0.1) is 0 Å². The predicted octanol–water partition coefficient (Wildman–Crippen LogP) is -0.843. The van der Waals surface area contributed by atoms with Gasteiger partial charge in [-0.1, -0.05) is 0 Å². The van der Waals surface area contributed by atoms with Crippen LogP contribution in [0.2, 0.25) is 0 Å². The van der Waals surface area contributed by atoms with Crippen LogP contribution in [-0.2, 0) is 4.79 Å². The van der Waals surface area contributed by atoms with Crippen LogP contribution in [0.3, 0.4) is 0 Å². The quantitative estimate of drug-likeness (QED) is 0.361. The molecule has 3 heteroatoms. The van der Waals surface area contributed by atoms with Crippen molar-refractivity contribution in [3.8, 4) is 0 Å². The SMILES string of the molecule is BN1CCCC1=O. The van der Waals surface area contributed by atoms with Crippen molar-refractivity contribution in [1.82, 2.24) is 4.81 Å². The highest BCUT2D eigenvalue weighted by Gasteiger charge is 2.13. The van der Waals surface area contributed by atoms with E-state index in [-0.39, 0.29) is 0 Å². The summed E-state index contributed by atoms with van der Waals surface area (Å²) in [4.78, 5) is 12.3. The van der Waals surface area contributed by atoms with E-state index in [4.69, 9.17) is 0 Å². The first-order chi connectivity index (χ1) is 3.30. The van der Waals surface area contributed by atoms with Crippen molar-refractivity contribution in [2.24, 2.45) is 0 Å². The Hall–Kier alpha value is -0.465. The molecule has 1 amide bonds. The Morgan fingerprint density at radius 3 is 2.57 bits per heavy atom. The molecule has 0 bridgehead atoms. The van der Waals surface area contributed by atoms with Crippen molar-refractivity contribution in [2.75, 3.05) is 6.54 Å². The Morgan fingerprint density at radius 1 is 1.71 bits per heavy atom. The van der Waals surface area contributed by atoms with Gasteiger partial charge in [0.2, 0.25) is 13.9 Å². The molecule has 0 aromatic carbocycles. The first-order valence-corrected chi connectivity index (χ1v) is 2.54. The van der Waals surface area contributed by atoms with Gasteiger partial charge in [-0.2, -0.15) is 0 Å². The molecule has 0 aromatic heterocycles. The van der Waals surface area contributed by atoms with Crippen LogP contribution < -0.4 is 0 Å². The summed E-state index contributed by atoms with van der Waals surface area (Å²) in [6, 6.07) is 0. The number of rotatable bonds is 0. The van der Waals surface area contributed by atoms with Gasteiger partial charge in [-0.15, -0.1) is 0 Å². The van der Waals surface area contributed by atoms with Crippen LogP contribution >= 0.6 is 0 Å². The molecule has 0 radical (unpaired) electrons. The van der Waals surface area contributed by atoms with Gasteiger partial charge in [-0.3, -0.25) is 4.79 Å². The summed E-state index contributed by atoms with van der Waals surface area (Å²) in [7, 11) is 1.84. The summed E-state index contributed by atoms with van der Waals surface area (Å²) in [5, 5.41) is 0. The Labute approximate surface area is 43.9 Å². The van der Waals surface area contributed by atoms with Gasteiger partial charge in [-0.25, -0.2) is 0 Å². The van der Waals surface area contributed by atoms with E-state index in [0.717, 1.165) is 19.4 Å². The topological polar surface area (TPSA) is 20.3 Å². The number of hydrogen-bond acceptors (Lipinski definition) is 1. The second-order valence-electron chi connectivity index (χ2n) is 1.92. The average Bonchev–Trinajstić information content (AvgIpc) is 1.91. The Bertz CT molecular complexity index is 93.7. The third kappa shape index (κ3) is 0.761. The van der Waals surface area contributed by atoms with Crippen molar-refractivity contribution >= 4 is 13.9 Å². The minimum absolute atomic E-state index is 0.292. The highest BCUT2D eigenvalue weighted by molar-refractivity contribution is 6.14.